The number of carbonyl (C=O) groups is 2. The van der Waals surface area contributed by atoms with Gasteiger partial charge in [0.05, 0.1) is 27.0 Å². The fourth-order valence-electron chi connectivity index (χ4n) is 4.14. The smallest absolute Gasteiger partial charge is 0.244 e. The van der Waals surface area contributed by atoms with Gasteiger partial charge in [0.15, 0.2) is 0 Å². The van der Waals surface area contributed by atoms with Crippen molar-refractivity contribution >= 4 is 62.3 Å². The predicted octanol–water partition coefficient (Wildman–Crippen LogP) is 5.97. The average Bonchev–Trinajstić information content (AvgIpc) is 2.91. The summed E-state index contributed by atoms with van der Waals surface area (Å²) in [6.07, 6.45) is 2.89. The first-order valence-electron chi connectivity index (χ1n) is 12.8. The Labute approximate surface area is 251 Å². The standard InChI is InChI=1S/C29H32Cl3N3O4S/c1-3-4-16-33-29(37)27(18-21-10-6-5-7-11-21)34(19-22-14-15-23(30)25(32)17-22)28(36)20-35(40(2,38)39)26-13-9-8-12-24(26)31/h5-15,17,27H,3-4,16,18-20H2,1-2H3,(H,33,37)/t27-/m0/s1. The number of hydrogen-bond acceptors (Lipinski definition) is 4. The second-order valence-electron chi connectivity index (χ2n) is 9.34. The van der Waals surface area contributed by atoms with Gasteiger partial charge in [0, 0.05) is 19.5 Å². The summed E-state index contributed by atoms with van der Waals surface area (Å²) >= 11 is 18.7. The Balaban J connectivity index is 2.06. The number of unbranched alkanes of at least 4 members (excludes halogenated alkanes) is 1. The molecule has 0 saturated carbocycles. The van der Waals surface area contributed by atoms with Crippen LogP contribution in [0.4, 0.5) is 5.69 Å². The molecular formula is C29H32Cl3N3O4S. The molecule has 1 N–H and O–H groups in total. The van der Waals surface area contributed by atoms with Crippen LogP contribution in [0.1, 0.15) is 30.9 Å². The lowest BCUT2D eigenvalue weighted by atomic mass is 10.0. The molecule has 214 valence electrons. The highest BCUT2D eigenvalue weighted by Gasteiger charge is 2.33. The number of hydrogen-bond donors (Lipinski definition) is 1. The molecule has 0 spiro atoms. The molecule has 1 atom stereocenters. The third-order valence-electron chi connectivity index (χ3n) is 6.24. The van der Waals surface area contributed by atoms with Crippen molar-refractivity contribution in [2.45, 2.75) is 38.8 Å². The van der Waals surface area contributed by atoms with Gasteiger partial charge in [0.2, 0.25) is 21.8 Å². The zero-order chi connectivity index (χ0) is 29.3. The summed E-state index contributed by atoms with van der Waals surface area (Å²) in [5.41, 5.74) is 1.64. The molecule has 3 aromatic rings. The average molecular weight is 625 g/mol. The van der Waals surface area contributed by atoms with E-state index < -0.39 is 28.5 Å². The molecule has 0 saturated heterocycles. The molecule has 40 heavy (non-hydrogen) atoms. The summed E-state index contributed by atoms with van der Waals surface area (Å²) in [5.74, 6) is -0.919. The van der Waals surface area contributed by atoms with Gasteiger partial charge in [-0.2, -0.15) is 0 Å². The van der Waals surface area contributed by atoms with Crippen molar-refractivity contribution in [3.05, 3.63) is 99.0 Å². The molecule has 0 aliphatic rings. The van der Waals surface area contributed by atoms with Crippen molar-refractivity contribution in [1.82, 2.24) is 10.2 Å². The van der Waals surface area contributed by atoms with Crippen molar-refractivity contribution < 1.29 is 18.0 Å². The van der Waals surface area contributed by atoms with Crippen LogP contribution >= 0.6 is 34.8 Å². The summed E-state index contributed by atoms with van der Waals surface area (Å²) in [6, 6.07) is 19.7. The van der Waals surface area contributed by atoms with Crippen LogP contribution in [-0.2, 0) is 32.6 Å². The van der Waals surface area contributed by atoms with E-state index in [9.17, 15) is 18.0 Å². The van der Waals surface area contributed by atoms with Crippen LogP contribution in [0.25, 0.3) is 0 Å². The number of amides is 2. The fourth-order valence-corrected chi connectivity index (χ4v) is 5.61. The third kappa shape index (κ3) is 8.86. The van der Waals surface area contributed by atoms with E-state index in [1.165, 1.54) is 11.0 Å². The fraction of sp³-hybridized carbons (Fsp3) is 0.310. The predicted molar refractivity (Wildman–Crippen MR) is 163 cm³/mol. The van der Waals surface area contributed by atoms with E-state index in [0.717, 1.165) is 29.0 Å². The maximum atomic E-state index is 14.0. The molecule has 0 bridgehead atoms. The van der Waals surface area contributed by atoms with Crippen LogP contribution in [0.2, 0.25) is 15.1 Å². The SMILES string of the molecule is CCCCNC(=O)[C@H](Cc1ccccc1)N(Cc1ccc(Cl)c(Cl)c1)C(=O)CN(c1ccccc1Cl)S(C)(=O)=O. The minimum atomic E-state index is -3.91. The lowest BCUT2D eigenvalue weighted by molar-refractivity contribution is -0.140. The molecule has 0 aliphatic carbocycles. The molecule has 11 heteroatoms. The third-order valence-corrected chi connectivity index (χ3v) is 8.42. The van der Waals surface area contributed by atoms with E-state index >= 15 is 0 Å². The molecule has 0 radical (unpaired) electrons. The number of halogens is 3. The van der Waals surface area contributed by atoms with Gasteiger partial charge in [-0.3, -0.25) is 13.9 Å². The summed E-state index contributed by atoms with van der Waals surface area (Å²) in [5, 5.41) is 3.76. The van der Waals surface area contributed by atoms with Gasteiger partial charge >= 0.3 is 0 Å². The van der Waals surface area contributed by atoms with Crippen LogP contribution in [0, 0.1) is 0 Å². The molecule has 0 aromatic heterocycles. The van der Waals surface area contributed by atoms with Crippen molar-refractivity contribution in [2.75, 3.05) is 23.7 Å². The van der Waals surface area contributed by atoms with Gasteiger partial charge in [0.25, 0.3) is 0 Å². The molecule has 7 nitrogen and oxygen atoms in total. The van der Waals surface area contributed by atoms with Crippen molar-refractivity contribution in [1.29, 1.82) is 0 Å². The molecule has 0 unspecified atom stereocenters. The maximum absolute atomic E-state index is 14.0. The van der Waals surface area contributed by atoms with E-state index in [1.54, 1.807) is 36.4 Å². The largest absolute Gasteiger partial charge is 0.354 e. The Hall–Kier alpha value is -2.78. The quantitative estimate of drug-likeness (QED) is 0.238. The monoisotopic (exact) mass is 623 g/mol. The van der Waals surface area contributed by atoms with Gasteiger partial charge in [-0.15, -0.1) is 0 Å². The van der Waals surface area contributed by atoms with Crippen molar-refractivity contribution in [3.63, 3.8) is 0 Å². The highest BCUT2D eigenvalue weighted by molar-refractivity contribution is 7.92. The Kier molecular flexibility index (Phi) is 11.7. The van der Waals surface area contributed by atoms with Crippen LogP contribution < -0.4 is 9.62 Å². The number of rotatable bonds is 13. The summed E-state index contributed by atoms with van der Waals surface area (Å²) in [6.45, 7) is 1.90. The first kappa shape index (κ1) is 31.7. The summed E-state index contributed by atoms with van der Waals surface area (Å²) < 4.78 is 26.6. The van der Waals surface area contributed by atoms with E-state index in [4.69, 9.17) is 34.8 Å². The number of sulfonamides is 1. The minimum absolute atomic E-state index is 0.00541. The number of para-hydroxylation sites is 1. The number of carbonyl (C=O) groups excluding carboxylic acids is 2. The second kappa shape index (κ2) is 14.7. The first-order chi connectivity index (χ1) is 19.0. The normalized spacial score (nSPS) is 12.0. The van der Waals surface area contributed by atoms with E-state index in [1.807, 2.05) is 37.3 Å². The van der Waals surface area contributed by atoms with Gasteiger partial charge in [-0.25, -0.2) is 8.42 Å². The Morgan fingerprint density at radius 1 is 0.875 bits per heavy atom. The number of nitrogens with zero attached hydrogens (tertiary/aromatic N) is 2. The lowest BCUT2D eigenvalue weighted by Crippen LogP contribution is -2.53. The zero-order valence-corrected chi connectivity index (χ0v) is 25.4. The van der Waals surface area contributed by atoms with E-state index in [2.05, 4.69) is 5.32 Å². The van der Waals surface area contributed by atoms with E-state index in [0.29, 0.717) is 22.2 Å². The van der Waals surface area contributed by atoms with Gasteiger partial charge in [0.1, 0.15) is 12.6 Å². The van der Waals surface area contributed by atoms with Crippen LogP contribution in [0.5, 0.6) is 0 Å². The number of benzene rings is 3. The Morgan fingerprint density at radius 2 is 1.55 bits per heavy atom. The molecule has 0 heterocycles. The highest BCUT2D eigenvalue weighted by Crippen LogP contribution is 2.28. The first-order valence-corrected chi connectivity index (χ1v) is 15.8. The van der Waals surface area contributed by atoms with Crippen LogP contribution in [-0.4, -0.2) is 50.5 Å². The zero-order valence-electron chi connectivity index (χ0n) is 22.3. The molecule has 2 amide bonds. The van der Waals surface area contributed by atoms with Gasteiger partial charge in [-0.1, -0.05) is 96.7 Å². The molecule has 3 aromatic carbocycles. The molecule has 3 rings (SSSR count). The number of nitrogens with one attached hydrogen (secondary N) is 1. The van der Waals surface area contributed by atoms with Crippen molar-refractivity contribution in [3.8, 4) is 0 Å². The minimum Gasteiger partial charge on any atom is -0.354 e. The van der Waals surface area contributed by atoms with Crippen molar-refractivity contribution in [2.24, 2.45) is 0 Å². The Bertz CT molecular complexity index is 1420. The van der Waals surface area contributed by atoms with Gasteiger partial charge < -0.3 is 10.2 Å². The van der Waals surface area contributed by atoms with Crippen LogP contribution in [0.15, 0.2) is 72.8 Å². The highest BCUT2D eigenvalue weighted by atomic mass is 35.5. The lowest BCUT2D eigenvalue weighted by Gasteiger charge is -2.33. The number of anilines is 1. The van der Waals surface area contributed by atoms with Crippen LogP contribution in [0.3, 0.4) is 0 Å². The molecular weight excluding hydrogens is 593 g/mol. The maximum Gasteiger partial charge on any atom is 0.244 e. The summed E-state index contributed by atoms with van der Waals surface area (Å²) in [4.78, 5) is 29.0. The topological polar surface area (TPSA) is 86.8 Å². The summed E-state index contributed by atoms with van der Waals surface area (Å²) in [7, 11) is -3.91. The van der Waals surface area contributed by atoms with E-state index in [-0.39, 0.29) is 29.6 Å². The molecule has 0 fully saturated rings. The molecule has 0 aliphatic heterocycles. The second-order valence-corrected chi connectivity index (χ2v) is 12.5. The Morgan fingerprint density at radius 3 is 2.17 bits per heavy atom. The van der Waals surface area contributed by atoms with Gasteiger partial charge in [-0.05, 0) is 41.8 Å².